The van der Waals surface area contributed by atoms with E-state index < -0.39 is 6.04 Å². The lowest BCUT2D eigenvalue weighted by atomic mass is 10.0. The van der Waals surface area contributed by atoms with Gasteiger partial charge in [0, 0.05) is 18.7 Å². The van der Waals surface area contributed by atoms with Crippen molar-refractivity contribution in [3.63, 3.8) is 0 Å². The van der Waals surface area contributed by atoms with Crippen LogP contribution < -0.4 is 10.6 Å². The maximum Gasteiger partial charge on any atom is 0.252 e. The van der Waals surface area contributed by atoms with Crippen molar-refractivity contribution in [2.45, 2.75) is 39.9 Å². The number of amides is 2. The SMILES string of the molecule is Cc1ccccc1C(=O)N[C@H](C(=O)NCc1ccccc1CN(C)C)C(C)C. The minimum atomic E-state index is -0.590. The molecule has 0 aliphatic heterocycles. The van der Waals surface area contributed by atoms with Crippen LogP contribution >= 0.6 is 0 Å². The fraction of sp³-hybridized carbons (Fsp3) is 0.391. The number of hydrogen-bond donors (Lipinski definition) is 2. The summed E-state index contributed by atoms with van der Waals surface area (Å²) in [6.07, 6.45) is 0. The standard InChI is InChI=1S/C23H31N3O2/c1-16(2)21(25-22(27)20-13-9-6-10-17(20)3)23(28)24-14-18-11-7-8-12-19(18)15-26(4)5/h6-13,16,21H,14-15H2,1-5H3,(H,24,28)(H,25,27)/t21-/m0/s1. The lowest BCUT2D eigenvalue weighted by Crippen LogP contribution is -2.49. The van der Waals surface area contributed by atoms with Crippen molar-refractivity contribution in [2.75, 3.05) is 14.1 Å². The first-order valence-corrected chi connectivity index (χ1v) is 9.65. The van der Waals surface area contributed by atoms with Gasteiger partial charge in [0.15, 0.2) is 0 Å². The molecule has 2 rings (SSSR count). The lowest BCUT2D eigenvalue weighted by Gasteiger charge is -2.23. The molecule has 2 amide bonds. The molecular weight excluding hydrogens is 350 g/mol. The molecule has 2 aromatic rings. The van der Waals surface area contributed by atoms with E-state index in [1.54, 1.807) is 6.07 Å². The van der Waals surface area contributed by atoms with Crippen LogP contribution in [0.25, 0.3) is 0 Å². The second kappa shape index (κ2) is 10.0. The van der Waals surface area contributed by atoms with Crippen LogP contribution in [-0.4, -0.2) is 36.9 Å². The summed E-state index contributed by atoms with van der Waals surface area (Å²) in [4.78, 5) is 27.5. The number of carbonyl (C=O) groups excluding carboxylic acids is 2. The fourth-order valence-electron chi connectivity index (χ4n) is 3.10. The van der Waals surface area contributed by atoms with Gasteiger partial charge >= 0.3 is 0 Å². The summed E-state index contributed by atoms with van der Waals surface area (Å²) in [7, 11) is 4.04. The molecule has 5 heteroatoms. The highest BCUT2D eigenvalue weighted by atomic mass is 16.2. The zero-order valence-electron chi connectivity index (χ0n) is 17.5. The molecule has 0 unspecified atom stereocenters. The maximum absolute atomic E-state index is 12.8. The molecule has 5 nitrogen and oxygen atoms in total. The summed E-state index contributed by atoms with van der Waals surface area (Å²) in [5.41, 5.74) is 3.74. The number of aryl methyl sites for hydroxylation is 1. The van der Waals surface area contributed by atoms with Crippen molar-refractivity contribution in [3.05, 3.63) is 70.8 Å². The summed E-state index contributed by atoms with van der Waals surface area (Å²) >= 11 is 0. The number of carbonyl (C=O) groups is 2. The van der Waals surface area contributed by atoms with Gasteiger partial charge < -0.3 is 15.5 Å². The molecule has 0 fully saturated rings. The molecule has 0 bridgehead atoms. The Morgan fingerprint density at radius 1 is 0.964 bits per heavy atom. The predicted octanol–water partition coefficient (Wildman–Crippen LogP) is 3.13. The Morgan fingerprint density at radius 2 is 1.57 bits per heavy atom. The molecule has 28 heavy (non-hydrogen) atoms. The monoisotopic (exact) mass is 381 g/mol. The first-order valence-electron chi connectivity index (χ1n) is 9.65. The Kier molecular flexibility index (Phi) is 7.76. The summed E-state index contributed by atoms with van der Waals surface area (Å²) in [5, 5.41) is 5.89. The first kappa shape index (κ1) is 21.6. The molecule has 0 aliphatic carbocycles. The van der Waals surface area contributed by atoms with Crippen molar-refractivity contribution in [1.82, 2.24) is 15.5 Å². The molecule has 0 aromatic heterocycles. The third-order valence-corrected chi connectivity index (χ3v) is 4.68. The molecule has 0 heterocycles. The van der Waals surface area contributed by atoms with Crippen molar-refractivity contribution in [2.24, 2.45) is 5.92 Å². The normalized spacial score (nSPS) is 12.1. The van der Waals surface area contributed by atoms with Crippen LogP contribution in [0, 0.1) is 12.8 Å². The molecule has 1 atom stereocenters. The third kappa shape index (κ3) is 5.92. The van der Waals surface area contributed by atoms with E-state index in [0.717, 1.165) is 17.7 Å². The molecule has 150 valence electrons. The number of hydrogen-bond acceptors (Lipinski definition) is 3. The van der Waals surface area contributed by atoms with Crippen LogP contribution in [0.1, 0.15) is 40.9 Å². The molecule has 2 aromatic carbocycles. The summed E-state index contributed by atoms with van der Waals surface area (Å²) in [6, 6.07) is 14.9. The van der Waals surface area contributed by atoms with Gasteiger partial charge in [-0.3, -0.25) is 9.59 Å². The van der Waals surface area contributed by atoms with Crippen molar-refractivity contribution in [1.29, 1.82) is 0 Å². The zero-order chi connectivity index (χ0) is 20.7. The molecule has 0 aliphatic rings. The van der Waals surface area contributed by atoms with Gasteiger partial charge in [0.1, 0.15) is 6.04 Å². The van der Waals surface area contributed by atoms with Gasteiger partial charge in [-0.25, -0.2) is 0 Å². The van der Waals surface area contributed by atoms with Crippen molar-refractivity contribution in [3.8, 4) is 0 Å². The Labute approximate surface area is 168 Å². The maximum atomic E-state index is 12.8. The van der Waals surface area contributed by atoms with E-state index in [-0.39, 0.29) is 17.7 Å². The molecule has 0 saturated heterocycles. The van der Waals surface area contributed by atoms with Crippen molar-refractivity contribution >= 4 is 11.8 Å². The summed E-state index contributed by atoms with van der Waals surface area (Å²) in [6.45, 7) is 7.00. The quantitative estimate of drug-likeness (QED) is 0.739. The number of nitrogens with zero attached hydrogens (tertiary/aromatic N) is 1. The van der Waals surface area contributed by atoms with E-state index in [4.69, 9.17) is 0 Å². The number of benzene rings is 2. The molecule has 0 spiro atoms. The van der Waals surface area contributed by atoms with Crippen LogP contribution in [0.15, 0.2) is 48.5 Å². The molecule has 0 saturated carbocycles. The highest BCUT2D eigenvalue weighted by molar-refractivity contribution is 5.98. The van der Waals surface area contributed by atoms with Gasteiger partial charge in [0.05, 0.1) is 0 Å². The molecule has 2 N–H and O–H groups in total. The Morgan fingerprint density at radius 3 is 2.18 bits per heavy atom. The van der Waals surface area contributed by atoms with Crippen molar-refractivity contribution < 1.29 is 9.59 Å². The van der Waals surface area contributed by atoms with E-state index in [0.29, 0.717) is 12.1 Å². The second-order valence-corrected chi connectivity index (χ2v) is 7.73. The Hall–Kier alpha value is -2.66. The summed E-state index contributed by atoms with van der Waals surface area (Å²) in [5.74, 6) is -0.415. The van der Waals surface area contributed by atoms with Gasteiger partial charge in [0.2, 0.25) is 5.91 Å². The highest BCUT2D eigenvalue weighted by Gasteiger charge is 2.25. The third-order valence-electron chi connectivity index (χ3n) is 4.68. The molecular formula is C23H31N3O2. The smallest absolute Gasteiger partial charge is 0.252 e. The van der Waals surface area contributed by atoms with Gasteiger partial charge in [-0.1, -0.05) is 56.3 Å². The van der Waals surface area contributed by atoms with E-state index >= 15 is 0 Å². The van der Waals surface area contributed by atoms with Crippen LogP contribution in [0.5, 0.6) is 0 Å². The molecule has 0 radical (unpaired) electrons. The largest absolute Gasteiger partial charge is 0.350 e. The lowest BCUT2D eigenvalue weighted by molar-refractivity contribution is -0.124. The second-order valence-electron chi connectivity index (χ2n) is 7.73. The van der Waals surface area contributed by atoms with Crippen LogP contribution in [0.2, 0.25) is 0 Å². The average molecular weight is 382 g/mol. The van der Waals surface area contributed by atoms with Gasteiger partial charge in [-0.15, -0.1) is 0 Å². The number of rotatable bonds is 8. The van der Waals surface area contributed by atoms with Crippen LogP contribution in [-0.2, 0) is 17.9 Å². The minimum absolute atomic E-state index is 0.0232. The zero-order valence-corrected chi connectivity index (χ0v) is 17.5. The van der Waals surface area contributed by atoms with Gasteiger partial charge in [0.25, 0.3) is 5.91 Å². The van der Waals surface area contributed by atoms with E-state index in [1.807, 2.05) is 71.3 Å². The van der Waals surface area contributed by atoms with Crippen LogP contribution in [0.4, 0.5) is 0 Å². The summed E-state index contributed by atoms with van der Waals surface area (Å²) < 4.78 is 0. The first-order chi connectivity index (χ1) is 13.3. The topological polar surface area (TPSA) is 61.4 Å². The van der Waals surface area contributed by atoms with E-state index in [9.17, 15) is 9.59 Å². The Balaban J connectivity index is 2.06. The minimum Gasteiger partial charge on any atom is -0.350 e. The van der Waals surface area contributed by atoms with E-state index in [1.165, 1.54) is 5.56 Å². The van der Waals surface area contributed by atoms with Gasteiger partial charge in [-0.05, 0) is 49.7 Å². The fourth-order valence-corrected chi connectivity index (χ4v) is 3.10. The predicted molar refractivity (Wildman–Crippen MR) is 113 cm³/mol. The van der Waals surface area contributed by atoms with Gasteiger partial charge in [-0.2, -0.15) is 0 Å². The number of nitrogens with one attached hydrogen (secondary N) is 2. The Bertz CT molecular complexity index is 815. The average Bonchev–Trinajstić information content (AvgIpc) is 2.64. The van der Waals surface area contributed by atoms with Crippen LogP contribution in [0.3, 0.4) is 0 Å². The highest BCUT2D eigenvalue weighted by Crippen LogP contribution is 2.12. The van der Waals surface area contributed by atoms with E-state index in [2.05, 4.69) is 21.6 Å².